The van der Waals surface area contributed by atoms with Crippen molar-refractivity contribution >= 4 is 5.97 Å². The van der Waals surface area contributed by atoms with E-state index in [0.717, 1.165) is 5.56 Å². The SMILES string of the molecule is C=C(C)C(=O)OC(c1ccc(F)cc1)c1ccc(OC)cc1. The van der Waals surface area contributed by atoms with Crippen molar-refractivity contribution in [1.82, 2.24) is 0 Å². The topological polar surface area (TPSA) is 35.5 Å². The van der Waals surface area contributed by atoms with Crippen LogP contribution in [0.25, 0.3) is 0 Å². The Morgan fingerprint density at radius 2 is 1.55 bits per heavy atom. The summed E-state index contributed by atoms with van der Waals surface area (Å²) in [5, 5.41) is 0. The molecule has 0 heterocycles. The minimum absolute atomic E-state index is 0.306. The van der Waals surface area contributed by atoms with Crippen molar-refractivity contribution < 1.29 is 18.7 Å². The van der Waals surface area contributed by atoms with Crippen molar-refractivity contribution in [2.24, 2.45) is 0 Å². The maximum atomic E-state index is 13.1. The van der Waals surface area contributed by atoms with Crippen molar-refractivity contribution in [3.8, 4) is 5.75 Å². The van der Waals surface area contributed by atoms with Crippen molar-refractivity contribution in [3.05, 3.63) is 77.6 Å². The molecule has 0 aliphatic carbocycles. The first-order chi connectivity index (χ1) is 10.5. The monoisotopic (exact) mass is 300 g/mol. The predicted molar refractivity (Wildman–Crippen MR) is 82.1 cm³/mol. The van der Waals surface area contributed by atoms with Gasteiger partial charge in [0.05, 0.1) is 7.11 Å². The molecule has 2 aromatic carbocycles. The third kappa shape index (κ3) is 3.73. The van der Waals surface area contributed by atoms with Crippen LogP contribution in [0.3, 0.4) is 0 Å². The summed E-state index contributed by atoms with van der Waals surface area (Å²) in [7, 11) is 1.58. The van der Waals surface area contributed by atoms with Gasteiger partial charge >= 0.3 is 5.97 Å². The van der Waals surface area contributed by atoms with Crippen LogP contribution >= 0.6 is 0 Å². The van der Waals surface area contributed by atoms with Crippen molar-refractivity contribution in [3.63, 3.8) is 0 Å². The molecule has 4 heteroatoms. The number of benzene rings is 2. The van der Waals surface area contributed by atoms with Gasteiger partial charge in [-0.2, -0.15) is 0 Å². The Morgan fingerprint density at radius 1 is 1.05 bits per heavy atom. The van der Waals surface area contributed by atoms with Crippen LogP contribution in [0.2, 0.25) is 0 Å². The first-order valence-electron chi connectivity index (χ1n) is 6.77. The summed E-state index contributed by atoms with van der Waals surface area (Å²) >= 11 is 0. The zero-order valence-corrected chi connectivity index (χ0v) is 12.5. The van der Waals surface area contributed by atoms with Gasteiger partial charge in [0, 0.05) is 5.57 Å². The lowest BCUT2D eigenvalue weighted by Crippen LogP contribution is -2.13. The molecule has 2 aromatic rings. The van der Waals surface area contributed by atoms with Crippen LogP contribution in [-0.2, 0) is 9.53 Å². The lowest BCUT2D eigenvalue weighted by molar-refractivity contribution is -0.142. The standard InChI is InChI=1S/C18H17FO3/c1-12(2)18(20)22-17(13-4-8-15(19)9-5-13)14-6-10-16(21-3)11-7-14/h4-11,17H,1H2,2-3H3. The van der Waals surface area contributed by atoms with Gasteiger partial charge in [0.2, 0.25) is 0 Å². The van der Waals surface area contributed by atoms with Crippen LogP contribution < -0.4 is 4.74 Å². The van der Waals surface area contributed by atoms with E-state index in [2.05, 4.69) is 6.58 Å². The number of methoxy groups -OCH3 is 1. The van der Waals surface area contributed by atoms with E-state index in [1.54, 1.807) is 50.4 Å². The molecule has 0 bridgehead atoms. The second kappa shape index (κ2) is 6.89. The quantitative estimate of drug-likeness (QED) is 0.617. The second-order valence-electron chi connectivity index (χ2n) is 4.89. The van der Waals surface area contributed by atoms with Gasteiger partial charge in [0.1, 0.15) is 11.6 Å². The molecule has 0 amide bonds. The summed E-state index contributed by atoms with van der Waals surface area (Å²) in [6.45, 7) is 5.16. The van der Waals surface area contributed by atoms with E-state index in [9.17, 15) is 9.18 Å². The lowest BCUT2D eigenvalue weighted by Gasteiger charge is -2.19. The van der Waals surface area contributed by atoms with E-state index in [1.165, 1.54) is 12.1 Å². The Kier molecular flexibility index (Phi) is 4.94. The zero-order chi connectivity index (χ0) is 16.1. The fourth-order valence-corrected chi connectivity index (χ4v) is 1.95. The zero-order valence-electron chi connectivity index (χ0n) is 12.5. The largest absolute Gasteiger partial charge is 0.497 e. The van der Waals surface area contributed by atoms with Crippen molar-refractivity contribution in [2.75, 3.05) is 7.11 Å². The van der Waals surface area contributed by atoms with Crippen LogP contribution in [0.5, 0.6) is 5.75 Å². The Hall–Kier alpha value is -2.62. The van der Waals surface area contributed by atoms with E-state index in [1.807, 2.05) is 0 Å². The van der Waals surface area contributed by atoms with Gasteiger partial charge in [0.15, 0.2) is 6.10 Å². The Balaban J connectivity index is 2.37. The normalized spacial score (nSPS) is 11.6. The number of carbonyl (C=O) groups is 1. The number of esters is 1. The molecule has 1 unspecified atom stereocenters. The van der Waals surface area contributed by atoms with Crippen LogP contribution in [0, 0.1) is 5.82 Å². The molecule has 22 heavy (non-hydrogen) atoms. The summed E-state index contributed by atoms with van der Waals surface area (Å²) in [6, 6.07) is 13.0. The number of carbonyl (C=O) groups excluding carboxylic acids is 1. The highest BCUT2D eigenvalue weighted by Crippen LogP contribution is 2.28. The van der Waals surface area contributed by atoms with Crippen LogP contribution in [-0.4, -0.2) is 13.1 Å². The maximum absolute atomic E-state index is 13.1. The summed E-state index contributed by atoms with van der Waals surface area (Å²) in [4.78, 5) is 11.9. The third-order valence-electron chi connectivity index (χ3n) is 3.16. The summed E-state index contributed by atoms with van der Waals surface area (Å²) in [5.74, 6) is -0.138. The molecule has 0 saturated heterocycles. The number of rotatable bonds is 5. The number of hydrogen-bond acceptors (Lipinski definition) is 3. The van der Waals surface area contributed by atoms with E-state index >= 15 is 0 Å². The van der Waals surface area contributed by atoms with Crippen LogP contribution in [0.15, 0.2) is 60.7 Å². The fraction of sp³-hybridized carbons (Fsp3) is 0.167. The first kappa shape index (κ1) is 15.8. The first-order valence-corrected chi connectivity index (χ1v) is 6.77. The molecule has 114 valence electrons. The Morgan fingerprint density at radius 3 is 2.00 bits per heavy atom. The summed E-state index contributed by atoms with van der Waals surface area (Å²) < 4.78 is 23.7. The minimum atomic E-state index is -0.629. The van der Waals surface area contributed by atoms with Crippen molar-refractivity contribution in [2.45, 2.75) is 13.0 Å². The molecule has 0 N–H and O–H groups in total. The van der Waals surface area contributed by atoms with E-state index in [-0.39, 0.29) is 5.82 Å². The van der Waals surface area contributed by atoms with Gasteiger partial charge < -0.3 is 9.47 Å². The van der Waals surface area contributed by atoms with E-state index in [0.29, 0.717) is 16.9 Å². The molecular formula is C18H17FO3. The second-order valence-corrected chi connectivity index (χ2v) is 4.89. The predicted octanol–water partition coefficient (Wildman–Crippen LogP) is 4.04. The molecule has 0 fully saturated rings. The molecule has 0 aliphatic heterocycles. The number of halogens is 1. The van der Waals surface area contributed by atoms with Crippen molar-refractivity contribution in [1.29, 1.82) is 0 Å². The molecule has 3 nitrogen and oxygen atoms in total. The van der Waals surface area contributed by atoms with Gasteiger partial charge in [-0.3, -0.25) is 0 Å². The van der Waals surface area contributed by atoms with Gasteiger partial charge in [0.25, 0.3) is 0 Å². The molecule has 0 aromatic heterocycles. The average Bonchev–Trinajstić information content (AvgIpc) is 2.53. The lowest BCUT2D eigenvalue weighted by atomic mass is 10.0. The number of ether oxygens (including phenoxy) is 2. The van der Waals surface area contributed by atoms with Gasteiger partial charge in [-0.25, -0.2) is 9.18 Å². The summed E-state index contributed by atoms with van der Waals surface area (Å²) in [5.41, 5.74) is 1.75. The van der Waals surface area contributed by atoms with Gasteiger partial charge in [-0.05, 0) is 42.3 Å². The Bertz CT molecular complexity index is 660. The molecule has 0 saturated carbocycles. The fourth-order valence-electron chi connectivity index (χ4n) is 1.95. The third-order valence-corrected chi connectivity index (χ3v) is 3.16. The highest BCUT2D eigenvalue weighted by atomic mass is 19.1. The van der Waals surface area contributed by atoms with Crippen LogP contribution in [0.4, 0.5) is 4.39 Å². The molecule has 1 atom stereocenters. The van der Waals surface area contributed by atoms with Gasteiger partial charge in [-0.15, -0.1) is 0 Å². The molecule has 0 radical (unpaired) electrons. The number of hydrogen-bond donors (Lipinski definition) is 0. The average molecular weight is 300 g/mol. The summed E-state index contributed by atoms with van der Waals surface area (Å²) in [6.07, 6.45) is -0.629. The van der Waals surface area contributed by atoms with Gasteiger partial charge in [-0.1, -0.05) is 30.8 Å². The molecular weight excluding hydrogens is 283 g/mol. The Labute approximate surface area is 129 Å². The smallest absolute Gasteiger partial charge is 0.334 e. The van der Waals surface area contributed by atoms with E-state index in [4.69, 9.17) is 9.47 Å². The molecule has 2 rings (SSSR count). The minimum Gasteiger partial charge on any atom is -0.497 e. The van der Waals surface area contributed by atoms with Crippen LogP contribution in [0.1, 0.15) is 24.2 Å². The molecule has 0 spiro atoms. The highest BCUT2D eigenvalue weighted by Gasteiger charge is 2.19. The maximum Gasteiger partial charge on any atom is 0.334 e. The molecule has 0 aliphatic rings. The highest BCUT2D eigenvalue weighted by molar-refractivity contribution is 5.87. The van der Waals surface area contributed by atoms with E-state index < -0.39 is 12.1 Å².